The van der Waals surface area contributed by atoms with Crippen LogP contribution in [0.1, 0.15) is 21.7 Å². The Morgan fingerprint density at radius 1 is 0.963 bits per heavy atom. The average molecular weight is 359 g/mol. The van der Waals surface area contributed by atoms with E-state index < -0.39 is 11.9 Å². The van der Waals surface area contributed by atoms with Gasteiger partial charge in [-0.05, 0) is 36.4 Å². The lowest BCUT2D eigenvalue weighted by Gasteiger charge is -2.06. The fourth-order valence-electron chi connectivity index (χ4n) is 2.50. The van der Waals surface area contributed by atoms with Crippen molar-refractivity contribution in [3.63, 3.8) is 0 Å². The fourth-order valence-corrected chi connectivity index (χ4v) is 2.50. The van der Waals surface area contributed by atoms with Crippen LogP contribution in [0.2, 0.25) is 0 Å². The molecule has 0 radical (unpaired) electrons. The second-order valence-corrected chi connectivity index (χ2v) is 5.61. The van der Waals surface area contributed by atoms with Crippen LogP contribution in [-0.4, -0.2) is 17.8 Å². The molecule has 0 spiro atoms. The van der Waals surface area contributed by atoms with E-state index in [1.165, 1.54) is 18.4 Å². The van der Waals surface area contributed by atoms with Crippen LogP contribution in [0.25, 0.3) is 6.08 Å². The molecule has 4 rings (SSSR count). The Kier molecular flexibility index (Phi) is 4.37. The summed E-state index contributed by atoms with van der Waals surface area (Å²) in [5.41, 5.74) is 1.34. The van der Waals surface area contributed by atoms with Crippen LogP contribution in [0.15, 0.2) is 88.1 Å². The second-order valence-electron chi connectivity index (χ2n) is 5.61. The highest BCUT2D eigenvalue weighted by molar-refractivity contribution is 6.13. The number of hydrogen-bond acceptors (Lipinski definition) is 6. The molecule has 27 heavy (non-hydrogen) atoms. The summed E-state index contributed by atoms with van der Waals surface area (Å²) in [5, 5.41) is 0. The molecule has 0 saturated carbocycles. The average Bonchev–Trinajstić information content (AvgIpc) is 3.35. The summed E-state index contributed by atoms with van der Waals surface area (Å²) in [4.78, 5) is 28.5. The van der Waals surface area contributed by atoms with E-state index in [1.54, 1.807) is 42.5 Å². The van der Waals surface area contributed by atoms with Crippen LogP contribution in [0, 0.1) is 0 Å². The van der Waals surface area contributed by atoms with Crippen LogP contribution in [0.4, 0.5) is 0 Å². The monoisotopic (exact) mass is 359 g/mol. The minimum Gasteiger partial charge on any atom is -0.457 e. The zero-order valence-electron chi connectivity index (χ0n) is 14.0. The summed E-state index contributed by atoms with van der Waals surface area (Å²) >= 11 is 0. The molecule has 6 heteroatoms. The molecule has 6 nitrogen and oxygen atoms in total. The van der Waals surface area contributed by atoms with E-state index in [1.807, 2.05) is 18.2 Å². The molecule has 0 N–H and O–H groups in total. The van der Waals surface area contributed by atoms with Gasteiger partial charge in [-0.15, -0.1) is 0 Å². The molecule has 0 amide bonds. The van der Waals surface area contributed by atoms with E-state index in [9.17, 15) is 9.59 Å². The lowest BCUT2D eigenvalue weighted by molar-refractivity contribution is -0.129. The van der Waals surface area contributed by atoms with Gasteiger partial charge in [0.15, 0.2) is 5.70 Å². The number of para-hydroxylation sites is 1. The molecule has 0 atom stereocenters. The highest BCUT2D eigenvalue weighted by Crippen LogP contribution is 2.25. The Morgan fingerprint density at radius 2 is 1.74 bits per heavy atom. The van der Waals surface area contributed by atoms with Gasteiger partial charge in [0.1, 0.15) is 5.75 Å². The van der Waals surface area contributed by atoms with E-state index in [-0.39, 0.29) is 23.1 Å². The predicted octanol–water partition coefficient (Wildman–Crippen LogP) is 3.84. The number of aliphatic imine (C=N–C) groups is 1. The minimum atomic E-state index is -0.631. The van der Waals surface area contributed by atoms with Gasteiger partial charge in [0.2, 0.25) is 11.7 Å². The fraction of sp³-hybridized carbons (Fsp3) is 0. The second kappa shape index (κ2) is 7.13. The van der Waals surface area contributed by atoms with Crippen LogP contribution >= 0.6 is 0 Å². The molecule has 1 aliphatic rings. The summed E-state index contributed by atoms with van der Waals surface area (Å²) in [6.45, 7) is 0. The number of esters is 2. The zero-order valence-corrected chi connectivity index (χ0v) is 14.0. The van der Waals surface area contributed by atoms with Crippen molar-refractivity contribution in [2.24, 2.45) is 4.99 Å². The molecule has 2 aromatic carbocycles. The third-order valence-electron chi connectivity index (χ3n) is 3.78. The number of nitrogens with zero attached hydrogens (tertiary/aromatic N) is 1. The Labute approximate surface area is 154 Å². The van der Waals surface area contributed by atoms with E-state index in [4.69, 9.17) is 13.9 Å². The summed E-state index contributed by atoms with van der Waals surface area (Å²) in [6, 6.07) is 19.0. The van der Waals surface area contributed by atoms with Gasteiger partial charge in [-0.3, -0.25) is 0 Å². The molecule has 0 aliphatic carbocycles. The van der Waals surface area contributed by atoms with Crippen molar-refractivity contribution in [3.8, 4) is 5.75 Å². The maximum absolute atomic E-state index is 12.2. The Bertz CT molecular complexity index is 1050. The van der Waals surface area contributed by atoms with Gasteiger partial charge in [-0.1, -0.05) is 36.4 Å². The molecule has 0 bridgehead atoms. The smallest absolute Gasteiger partial charge is 0.379 e. The van der Waals surface area contributed by atoms with Gasteiger partial charge in [-0.25, -0.2) is 14.6 Å². The first kappa shape index (κ1) is 16.5. The third kappa shape index (κ3) is 3.55. The lowest BCUT2D eigenvalue weighted by atomic mass is 10.1. The van der Waals surface area contributed by atoms with Crippen molar-refractivity contribution in [2.75, 3.05) is 0 Å². The van der Waals surface area contributed by atoms with Gasteiger partial charge in [0.05, 0.1) is 6.26 Å². The minimum absolute atomic E-state index is 0.0853. The van der Waals surface area contributed by atoms with Crippen molar-refractivity contribution >= 4 is 23.9 Å². The van der Waals surface area contributed by atoms with E-state index in [2.05, 4.69) is 4.99 Å². The molecule has 1 aliphatic heterocycles. The number of carbonyl (C=O) groups excluding carboxylic acids is 2. The molecular formula is C21H13NO5. The van der Waals surface area contributed by atoms with Gasteiger partial charge in [0.25, 0.3) is 0 Å². The number of carbonyl (C=O) groups is 2. The molecular weight excluding hydrogens is 346 g/mol. The standard InChI is InChI=1S/C21H13NO5/c23-20-16(22-19(27-20)14-7-2-1-3-8-14)13-15-9-4-5-10-17(15)26-21(24)18-11-6-12-25-18/h1-13H/b16-13+. The molecule has 2 heterocycles. The summed E-state index contributed by atoms with van der Waals surface area (Å²) in [6.07, 6.45) is 2.90. The highest BCUT2D eigenvalue weighted by Gasteiger charge is 2.24. The van der Waals surface area contributed by atoms with Crippen LogP contribution in [-0.2, 0) is 9.53 Å². The van der Waals surface area contributed by atoms with Crippen LogP contribution in [0.3, 0.4) is 0 Å². The number of hydrogen-bond donors (Lipinski definition) is 0. The van der Waals surface area contributed by atoms with Crippen LogP contribution < -0.4 is 4.74 Å². The Balaban J connectivity index is 1.63. The summed E-state index contributed by atoms with van der Waals surface area (Å²) < 4.78 is 15.6. The number of ether oxygens (including phenoxy) is 2. The van der Waals surface area contributed by atoms with E-state index >= 15 is 0 Å². The van der Waals surface area contributed by atoms with Crippen molar-refractivity contribution in [3.05, 3.63) is 95.6 Å². The van der Waals surface area contributed by atoms with Crippen molar-refractivity contribution in [2.45, 2.75) is 0 Å². The van der Waals surface area contributed by atoms with E-state index in [0.717, 1.165) is 0 Å². The molecule has 0 saturated heterocycles. The highest BCUT2D eigenvalue weighted by atomic mass is 16.6. The maximum atomic E-state index is 12.2. The summed E-state index contributed by atoms with van der Waals surface area (Å²) in [7, 11) is 0. The molecule has 3 aromatic rings. The van der Waals surface area contributed by atoms with Gasteiger partial charge in [-0.2, -0.15) is 0 Å². The number of benzene rings is 2. The number of rotatable bonds is 4. The van der Waals surface area contributed by atoms with Crippen molar-refractivity contribution < 1.29 is 23.5 Å². The van der Waals surface area contributed by atoms with Crippen molar-refractivity contribution in [1.29, 1.82) is 0 Å². The normalized spacial score (nSPS) is 14.7. The van der Waals surface area contributed by atoms with E-state index in [0.29, 0.717) is 11.1 Å². The molecule has 0 unspecified atom stereocenters. The van der Waals surface area contributed by atoms with Gasteiger partial charge in [0, 0.05) is 11.1 Å². The number of cyclic esters (lactones) is 1. The largest absolute Gasteiger partial charge is 0.457 e. The van der Waals surface area contributed by atoms with Crippen molar-refractivity contribution in [1.82, 2.24) is 0 Å². The Hall–Kier alpha value is -3.93. The Morgan fingerprint density at radius 3 is 2.52 bits per heavy atom. The van der Waals surface area contributed by atoms with Gasteiger partial charge >= 0.3 is 11.9 Å². The topological polar surface area (TPSA) is 78.1 Å². The first-order valence-corrected chi connectivity index (χ1v) is 8.13. The SMILES string of the molecule is O=C1OC(c2ccccc2)=N/C1=C/c1ccccc1OC(=O)c1ccco1. The third-order valence-corrected chi connectivity index (χ3v) is 3.78. The molecule has 0 fully saturated rings. The lowest BCUT2D eigenvalue weighted by Crippen LogP contribution is -2.08. The van der Waals surface area contributed by atoms with Crippen LogP contribution in [0.5, 0.6) is 5.75 Å². The summed E-state index contributed by atoms with van der Waals surface area (Å²) in [5.74, 6) is -0.601. The first-order chi connectivity index (χ1) is 13.2. The van der Waals surface area contributed by atoms with Gasteiger partial charge < -0.3 is 13.9 Å². The number of furan rings is 1. The maximum Gasteiger partial charge on any atom is 0.379 e. The molecule has 1 aromatic heterocycles. The first-order valence-electron chi connectivity index (χ1n) is 8.13. The predicted molar refractivity (Wildman–Crippen MR) is 97.2 cm³/mol. The zero-order chi connectivity index (χ0) is 18.6. The molecule has 132 valence electrons. The quantitative estimate of drug-likeness (QED) is 0.402.